The Morgan fingerprint density at radius 2 is 1.95 bits per heavy atom. The van der Waals surface area contributed by atoms with Gasteiger partial charge in [0.05, 0.1) is 4.58 Å². The van der Waals surface area contributed by atoms with Gasteiger partial charge in [-0.2, -0.15) is 0 Å². The van der Waals surface area contributed by atoms with Crippen molar-refractivity contribution in [1.82, 2.24) is 0 Å². The highest BCUT2D eigenvalue weighted by Gasteiger charge is 2.33. The Bertz CT molecular complexity index is 425. The van der Waals surface area contributed by atoms with E-state index >= 15 is 0 Å². The van der Waals surface area contributed by atoms with Crippen LogP contribution in [0.1, 0.15) is 65.2 Å². The molecule has 1 aliphatic heterocycles. The third-order valence-corrected chi connectivity index (χ3v) is 8.10. The fourth-order valence-electron chi connectivity index (χ4n) is 4.16. The Hall–Kier alpha value is 0.180. The first-order valence-corrected chi connectivity index (χ1v) is 10.5. The Morgan fingerprint density at radius 3 is 2.65 bits per heavy atom. The quantitative estimate of drug-likeness (QED) is 0.592. The molecule has 3 aliphatic rings. The maximum Gasteiger partial charge on any atom is 0.0794 e. The van der Waals surface area contributed by atoms with Crippen molar-refractivity contribution in [3.8, 4) is 0 Å². The lowest BCUT2D eigenvalue weighted by Gasteiger charge is -2.27. The van der Waals surface area contributed by atoms with Gasteiger partial charge in [0.2, 0.25) is 0 Å². The Kier molecular flexibility index (Phi) is 4.92. The van der Waals surface area contributed by atoms with Crippen LogP contribution in [-0.4, -0.2) is 10.8 Å². The predicted octanol–water partition coefficient (Wildman–Crippen LogP) is 6.39. The van der Waals surface area contributed by atoms with E-state index in [1.807, 2.05) is 0 Å². The topological polar surface area (TPSA) is 0 Å². The number of hydrogen-bond acceptors (Lipinski definition) is 2. The van der Waals surface area contributed by atoms with Crippen LogP contribution in [0.2, 0.25) is 0 Å². The second kappa shape index (κ2) is 6.52. The van der Waals surface area contributed by atoms with Crippen LogP contribution in [0.3, 0.4) is 0 Å². The average Bonchev–Trinajstić information content (AvgIpc) is 3.00. The first-order chi connectivity index (χ1) is 9.69. The van der Waals surface area contributed by atoms with E-state index in [0.29, 0.717) is 4.58 Å². The summed E-state index contributed by atoms with van der Waals surface area (Å²) in [6.07, 6.45) is 13.6. The summed E-state index contributed by atoms with van der Waals surface area (Å²) in [5, 5.41) is 0. The number of hydrogen-bond donors (Lipinski definition) is 0. The summed E-state index contributed by atoms with van der Waals surface area (Å²) in [5.74, 6) is 1.95. The molecule has 1 unspecified atom stereocenters. The monoisotopic (exact) mass is 308 g/mol. The molecular weight excluding hydrogens is 280 g/mol. The van der Waals surface area contributed by atoms with Gasteiger partial charge in [0.15, 0.2) is 0 Å². The van der Waals surface area contributed by atoms with Crippen molar-refractivity contribution in [2.75, 3.05) is 6.26 Å². The lowest BCUT2D eigenvalue weighted by atomic mass is 9.79. The Morgan fingerprint density at radius 1 is 1.20 bits per heavy atom. The second-order valence-corrected chi connectivity index (χ2v) is 9.41. The maximum absolute atomic E-state index is 2.44. The summed E-state index contributed by atoms with van der Waals surface area (Å²) in [6, 6.07) is 0. The first kappa shape index (κ1) is 15.1. The van der Waals surface area contributed by atoms with Crippen molar-refractivity contribution in [2.45, 2.75) is 69.8 Å². The predicted molar refractivity (Wildman–Crippen MR) is 94.2 cm³/mol. The Balaban J connectivity index is 1.73. The number of rotatable bonds is 3. The fraction of sp³-hybridized carbons (Fsp3) is 0.778. The normalized spacial score (nSPS) is 36.5. The van der Waals surface area contributed by atoms with E-state index in [1.54, 1.807) is 21.6 Å². The minimum Gasteiger partial charge on any atom is -0.146 e. The van der Waals surface area contributed by atoms with Gasteiger partial charge >= 0.3 is 0 Å². The fourth-order valence-corrected chi connectivity index (χ4v) is 6.81. The minimum atomic E-state index is 0.711. The summed E-state index contributed by atoms with van der Waals surface area (Å²) in [4.78, 5) is 1.73. The zero-order chi connectivity index (χ0) is 14.1. The van der Waals surface area contributed by atoms with Crippen molar-refractivity contribution >= 4 is 23.5 Å². The van der Waals surface area contributed by atoms with Gasteiger partial charge in [-0.1, -0.05) is 25.3 Å². The molecule has 1 fully saturated rings. The van der Waals surface area contributed by atoms with Gasteiger partial charge in [-0.25, -0.2) is 0 Å². The van der Waals surface area contributed by atoms with Crippen LogP contribution in [0.5, 0.6) is 0 Å². The molecule has 0 amide bonds. The third-order valence-electron chi connectivity index (χ3n) is 5.38. The van der Waals surface area contributed by atoms with Crippen LogP contribution in [0.15, 0.2) is 21.6 Å². The van der Waals surface area contributed by atoms with Crippen molar-refractivity contribution in [3.63, 3.8) is 0 Å². The summed E-state index contributed by atoms with van der Waals surface area (Å²) in [6.45, 7) is 4.86. The minimum absolute atomic E-state index is 0.711. The van der Waals surface area contributed by atoms with E-state index in [2.05, 4.69) is 43.6 Å². The highest BCUT2D eigenvalue weighted by Crippen LogP contribution is 2.54. The highest BCUT2D eigenvalue weighted by atomic mass is 32.2. The smallest absolute Gasteiger partial charge is 0.0794 e. The lowest BCUT2D eigenvalue weighted by Crippen LogP contribution is -2.13. The first-order valence-electron chi connectivity index (χ1n) is 8.30. The van der Waals surface area contributed by atoms with Gasteiger partial charge in [-0.15, -0.1) is 23.5 Å². The summed E-state index contributed by atoms with van der Waals surface area (Å²) < 4.78 is 0.711. The Labute approximate surface area is 133 Å². The van der Waals surface area contributed by atoms with E-state index in [0.717, 1.165) is 11.8 Å². The van der Waals surface area contributed by atoms with E-state index in [9.17, 15) is 0 Å². The summed E-state index contributed by atoms with van der Waals surface area (Å²) in [7, 11) is 0. The molecule has 3 rings (SSSR count). The molecule has 0 saturated heterocycles. The molecule has 0 aromatic rings. The highest BCUT2D eigenvalue weighted by molar-refractivity contribution is 8.19. The molecule has 0 radical (unpaired) electrons. The molecule has 2 heteroatoms. The third kappa shape index (κ3) is 3.02. The molecular formula is C18H28S2. The molecule has 0 N–H and O–H groups in total. The summed E-state index contributed by atoms with van der Waals surface area (Å²) >= 11 is 4.22. The van der Waals surface area contributed by atoms with Gasteiger partial charge in [-0.05, 0) is 79.6 Å². The van der Waals surface area contributed by atoms with E-state index in [4.69, 9.17) is 0 Å². The number of thioether (sulfide) groups is 2. The largest absolute Gasteiger partial charge is 0.146 e. The molecule has 112 valence electrons. The molecule has 0 aromatic heterocycles. The standard InChI is InChI=1S/C18H28S2/c1-12-7-9-14(10-8-12)11-13(2)17-15-5-4-6-16(15)20-18(17)19-3/h12,14,18H,4-11H2,1-3H3/b17-13+. The van der Waals surface area contributed by atoms with Crippen molar-refractivity contribution in [1.29, 1.82) is 0 Å². The average molecular weight is 309 g/mol. The number of allylic oxidation sites excluding steroid dienone is 3. The molecule has 1 saturated carbocycles. The van der Waals surface area contributed by atoms with E-state index in [1.165, 1.54) is 51.4 Å². The maximum atomic E-state index is 2.44. The van der Waals surface area contributed by atoms with Crippen LogP contribution in [0.4, 0.5) is 0 Å². The van der Waals surface area contributed by atoms with Crippen molar-refractivity contribution in [3.05, 3.63) is 21.6 Å². The second-order valence-electron chi connectivity index (χ2n) is 6.96. The van der Waals surface area contributed by atoms with Crippen molar-refractivity contribution < 1.29 is 0 Å². The van der Waals surface area contributed by atoms with Gasteiger partial charge in [-0.3, -0.25) is 0 Å². The molecule has 0 spiro atoms. The molecule has 2 aliphatic carbocycles. The van der Waals surface area contributed by atoms with Crippen LogP contribution in [0, 0.1) is 11.8 Å². The SMILES string of the molecule is CSC1SC2=C(CCC2)/C1=C(/C)CC1CCC(C)CC1. The van der Waals surface area contributed by atoms with Crippen LogP contribution >= 0.6 is 23.5 Å². The zero-order valence-electron chi connectivity index (χ0n) is 13.2. The van der Waals surface area contributed by atoms with E-state index < -0.39 is 0 Å². The molecule has 1 atom stereocenters. The van der Waals surface area contributed by atoms with Crippen LogP contribution in [0.25, 0.3) is 0 Å². The lowest BCUT2D eigenvalue weighted by molar-refractivity contribution is 0.288. The van der Waals surface area contributed by atoms with Crippen LogP contribution in [-0.2, 0) is 0 Å². The van der Waals surface area contributed by atoms with Gasteiger partial charge < -0.3 is 0 Å². The molecule has 0 aromatic carbocycles. The molecule has 0 bridgehead atoms. The van der Waals surface area contributed by atoms with Gasteiger partial charge in [0, 0.05) is 0 Å². The van der Waals surface area contributed by atoms with Gasteiger partial charge in [0.25, 0.3) is 0 Å². The van der Waals surface area contributed by atoms with Gasteiger partial charge in [0.1, 0.15) is 0 Å². The zero-order valence-corrected chi connectivity index (χ0v) is 14.8. The molecule has 1 heterocycles. The molecule has 20 heavy (non-hydrogen) atoms. The van der Waals surface area contributed by atoms with Crippen molar-refractivity contribution in [2.24, 2.45) is 11.8 Å². The summed E-state index contributed by atoms with van der Waals surface area (Å²) in [5.41, 5.74) is 5.24. The molecule has 0 nitrogen and oxygen atoms in total. The van der Waals surface area contributed by atoms with Crippen LogP contribution < -0.4 is 0 Å². The van der Waals surface area contributed by atoms with E-state index in [-0.39, 0.29) is 0 Å².